The highest BCUT2D eigenvalue weighted by Crippen LogP contribution is 2.18. The van der Waals surface area contributed by atoms with E-state index in [4.69, 9.17) is 4.74 Å². The average Bonchev–Trinajstić information content (AvgIpc) is 2.57. The van der Waals surface area contributed by atoms with Crippen LogP contribution in [0.5, 0.6) is 0 Å². The predicted octanol–water partition coefficient (Wildman–Crippen LogP) is 2.26. The van der Waals surface area contributed by atoms with Crippen LogP contribution in [0.1, 0.15) is 30.1 Å². The Hall–Kier alpha value is -1.39. The molecule has 1 aromatic carbocycles. The summed E-state index contributed by atoms with van der Waals surface area (Å²) in [6, 6.07) is 9.55. The summed E-state index contributed by atoms with van der Waals surface area (Å²) in [5.74, 6) is 0.973. The third-order valence-corrected chi connectivity index (χ3v) is 4.78. The number of hydrogen-bond donors (Lipinski definition) is 0. The Morgan fingerprint density at radius 3 is 2.64 bits per heavy atom. The summed E-state index contributed by atoms with van der Waals surface area (Å²) in [6.07, 6.45) is 2.70. The second kappa shape index (κ2) is 7.25. The van der Waals surface area contributed by atoms with Gasteiger partial charge in [0.2, 0.25) is 0 Å². The number of rotatable bonds is 3. The van der Waals surface area contributed by atoms with E-state index in [1.54, 1.807) is 0 Å². The molecule has 1 unspecified atom stereocenters. The zero-order chi connectivity index (χ0) is 15.4. The Balaban J connectivity index is 1.54. The monoisotopic (exact) mass is 302 g/mol. The number of benzene rings is 1. The molecule has 2 aliphatic rings. The van der Waals surface area contributed by atoms with Gasteiger partial charge in [-0.1, -0.05) is 25.1 Å². The molecule has 1 amide bonds. The van der Waals surface area contributed by atoms with Gasteiger partial charge in [0, 0.05) is 25.2 Å². The van der Waals surface area contributed by atoms with Crippen molar-refractivity contribution >= 4 is 5.91 Å². The maximum atomic E-state index is 12.5. The van der Waals surface area contributed by atoms with Crippen LogP contribution in [0.15, 0.2) is 30.3 Å². The molecule has 0 spiro atoms. The van der Waals surface area contributed by atoms with Gasteiger partial charge in [0.15, 0.2) is 0 Å². The van der Waals surface area contributed by atoms with Crippen LogP contribution in [-0.4, -0.2) is 61.1 Å². The number of carbonyl (C=O) groups is 1. The lowest BCUT2D eigenvalue weighted by molar-refractivity contribution is -0.0390. The number of amides is 1. The normalized spacial score (nSPS) is 24.4. The molecule has 0 N–H and O–H groups in total. The fourth-order valence-electron chi connectivity index (χ4n) is 3.31. The largest absolute Gasteiger partial charge is 0.373 e. The van der Waals surface area contributed by atoms with Crippen molar-refractivity contribution in [2.75, 3.05) is 39.3 Å². The molecule has 0 aliphatic carbocycles. The highest BCUT2D eigenvalue weighted by molar-refractivity contribution is 5.94. The van der Waals surface area contributed by atoms with Crippen LogP contribution in [0.3, 0.4) is 0 Å². The van der Waals surface area contributed by atoms with E-state index < -0.39 is 0 Å². The van der Waals surface area contributed by atoms with Gasteiger partial charge in [-0.05, 0) is 44.0 Å². The molecule has 3 rings (SSSR count). The van der Waals surface area contributed by atoms with Gasteiger partial charge in [0.1, 0.15) is 0 Å². The number of likely N-dealkylation sites (tertiary alicyclic amines) is 1. The van der Waals surface area contributed by atoms with Crippen molar-refractivity contribution in [2.45, 2.75) is 25.9 Å². The van der Waals surface area contributed by atoms with E-state index >= 15 is 0 Å². The molecule has 0 aromatic heterocycles. The summed E-state index contributed by atoms with van der Waals surface area (Å²) in [4.78, 5) is 17.0. The third-order valence-electron chi connectivity index (χ3n) is 4.78. The first-order chi connectivity index (χ1) is 10.7. The van der Waals surface area contributed by atoms with Crippen LogP contribution in [-0.2, 0) is 4.74 Å². The molecule has 2 fully saturated rings. The van der Waals surface area contributed by atoms with Gasteiger partial charge in [-0.3, -0.25) is 4.79 Å². The second-order valence-electron chi connectivity index (χ2n) is 6.59. The van der Waals surface area contributed by atoms with E-state index in [0.29, 0.717) is 19.7 Å². The summed E-state index contributed by atoms with van der Waals surface area (Å²) >= 11 is 0. The molecule has 2 aliphatic heterocycles. The Morgan fingerprint density at radius 1 is 1.18 bits per heavy atom. The van der Waals surface area contributed by atoms with Gasteiger partial charge in [-0.25, -0.2) is 0 Å². The third kappa shape index (κ3) is 3.87. The SMILES string of the molecule is CC1CCN(CC2CN(C(=O)c3ccccc3)CCO2)CC1. The number of nitrogens with zero attached hydrogens (tertiary/aromatic N) is 2. The minimum Gasteiger partial charge on any atom is -0.373 e. The number of ether oxygens (including phenoxy) is 1. The zero-order valence-corrected chi connectivity index (χ0v) is 13.4. The van der Waals surface area contributed by atoms with Gasteiger partial charge < -0.3 is 14.5 Å². The van der Waals surface area contributed by atoms with E-state index in [2.05, 4.69) is 11.8 Å². The van der Waals surface area contributed by atoms with Crippen LogP contribution in [0.25, 0.3) is 0 Å². The van der Waals surface area contributed by atoms with Crippen molar-refractivity contribution in [3.63, 3.8) is 0 Å². The molecule has 2 saturated heterocycles. The fourth-order valence-corrected chi connectivity index (χ4v) is 3.31. The highest BCUT2D eigenvalue weighted by atomic mass is 16.5. The van der Waals surface area contributed by atoms with Crippen molar-refractivity contribution in [1.29, 1.82) is 0 Å². The predicted molar refractivity (Wildman–Crippen MR) is 86.9 cm³/mol. The van der Waals surface area contributed by atoms with Gasteiger partial charge >= 0.3 is 0 Å². The molecule has 0 bridgehead atoms. The minimum atomic E-state index is 0.126. The summed E-state index contributed by atoms with van der Waals surface area (Å²) in [5.41, 5.74) is 0.773. The van der Waals surface area contributed by atoms with E-state index in [0.717, 1.165) is 31.1 Å². The number of piperidine rings is 1. The molecule has 4 heteroatoms. The van der Waals surface area contributed by atoms with E-state index in [1.807, 2.05) is 35.2 Å². The standard InChI is InChI=1S/C18H26N2O2/c1-15-7-9-19(10-8-15)13-17-14-20(11-12-22-17)18(21)16-5-3-2-4-6-16/h2-6,15,17H,7-14H2,1H3. The van der Waals surface area contributed by atoms with E-state index in [1.165, 1.54) is 12.8 Å². The highest BCUT2D eigenvalue weighted by Gasteiger charge is 2.27. The van der Waals surface area contributed by atoms with Crippen LogP contribution >= 0.6 is 0 Å². The van der Waals surface area contributed by atoms with Crippen molar-refractivity contribution in [2.24, 2.45) is 5.92 Å². The topological polar surface area (TPSA) is 32.8 Å². The van der Waals surface area contributed by atoms with Crippen molar-refractivity contribution in [3.8, 4) is 0 Å². The average molecular weight is 302 g/mol. The van der Waals surface area contributed by atoms with Gasteiger partial charge in [-0.15, -0.1) is 0 Å². The fraction of sp³-hybridized carbons (Fsp3) is 0.611. The second-order valence-corrected chi connectivity index (χ2v) is 6.59. The first kappa shape index (κ1) is 15.5. The lowest BCUT2D eigenvalue weighted by atomic mass is 9.99. The number of hydrogen-bond acceptors (Lipinski definition) is 3. The summed E-state index contributed by atoms with van der Waals surface area (Å²) in [7, 11) is 0. The molecule has 22 heavy (non-hydrogen) atoms. The quantitative estimate of drug-likeness (QED) is 0.858. The van der Waals surface area contributed by atoms with E-state index in [-0.39, 0.29) is 12.0 Å². The van der Waals surface area contributed by atoms with Crippen LogP contribution in [0.2, 0.25) is 0 Å². The lowest BCUT2D eigenvalue weighted by Crippen LogP contribution is -2.50. The molecule has 0 saturated carbocycles. The smallest absolute Gasteiger partial charge is 0.254 e. The Morgan fingerprint density at radius 2 is 1.91 bits per heavy atom. The van der Waals surface area contributed by atoms with Crippen molar-refractivity contribution in [3.05, 3.63) is 35.9 Å². The van der Waals surface area contributed by atoms with Gasteiger partial charge in [0.05, 0.1) is 12.7 Å². The van der Waals surface area contributed by atoms with Crippen molar-refractivity contribution < 1.29 is 9.53 Å². The zero-order valence-electron chi connectivity index (χ0n) is 13.4. The first-order valence-electron chi connectivity index (χ1n) is 8.40. The molecule has 1 aromatic rings. The molecular weight excluding hydrogens is 276 g/mol. The summed E-state index contributed by atoms with van der Waals surface area (Å²) < 4.78 is 5.89. The van der Waals surface area contributed by atoms with Crippen molar-refractivity contribution in [1.82, 2.24) is 9.80 Å². The molecular formula is C18H26N2O2. The molecule has 2 heterocycles. The summed E-state index contributed by atoms with van der Waals surface area (Å²) in [5, 5.41) is 0. The maximum Gasteiger partial charge on any atom is 0.254 e. The number of carbonyl (C=O) groups excluding carboxylic acids is 1. The molecule has 120 valence electrons. The van der Waals surface area contributed by atoms with Gasteiger partial charge in [0.25, 0.3) is 5.91 Å². The first-order valence-corrected chi connectivity index (χ1v) is 8.40. The molecule has 1 atom stereocenters. The lowest BCUT2D eigenvalue weighted by Gasteiger charge is -2.37. The summed E-state index contributed by atoms with van der Waals surface area (Å²) in [6.45, 7) is 7.65. The van der Waals surface area contributed by atoms with Gasteiger partial charge in [-0.2, -0.15) is 0 Å². The Kier molecular flexibility index (Phi) is 5.11. The number of morpholine rings is 1. The van der Waals surface area contributed by atoms with Crippen LogP contribution in [0, 0.1) is 5.92 Å². The maximum absolute atomic E-state index is 12.5. The molecule has 0 radical (unpaired) electrons. The Bertz CT molecular complexity index is 483. The van der Waals surface area contributed by atoms with Crippen LogP contribution in [0.4, 0.5) is 0 Å². The van der Waals surface area contributed by atoms with Crippen LogP contribution < -0.4 is 0 Å². The Labute approximate surface area is 133 Å². The minimum absolute atomic E-state index is 0.126. The van der Waals surface area contributed by atoms with E-state index in [9.17, 15) is 4.79 Å². The molecule has 4 nitrogen and oxygen atoms in total.